The summed E-state index contributed by atoms with van der Waals surface area (Å²) < 4.78 is 0. The zero-order valence-electron chi connectivity index (χ0n) is 13.5. The normalized spacial score (nSPS) is 25.9. The van der Waals surface area contributed by atoms with Crippen molar-refractivity contribution in [3.8, 4) is 0 Å². The van der Waals surface area contributed by atoms with E-state index in [4.69, 9.17) is 0 Å². The number of hydrogen-bond acceptors (Lipinski definition) is 2. The van der Waals surface area contributed by atoms with E-state index in [0.717, 1.165) is 19.6 Å². The minimum absolute atomic E-state index is 0.615. The van der Waals surface area contributed by atoms with E-state index in [1.54, 1.807) is 5.57 Å². The van der Waals surface area contributed by atoms with Crippen molar-refractivity contribution >= 4 is 0 Å². The number of rotatable bonds is 3. The molecule has 2 aliphatic heterocycles. The van der Waals surface area contributed by atoms with Crippen LogP contribution in [0.2, 0.25) is 0 Å². The van der Waals surface area contributed by atoms with Gasteiger partial charge >= 0.3 is 0 Å². The maximum Gasteiger partial charge on any atom is 0.0205 e. The summed E-state index contributed by atoms with van der Waals surface area (Å²) in [4.78, 5) is 5.15. The van der Waals surface area contributed by atoms with Crippen molar-refractivity contribution in [3.63, 3.8) is 0 Å². The van der Waals surface area contributed by atoms with Gasteiger partial charge in [-0.3, -0.25) is 9.80 Å². The largest absolute Gasteiger partial charge is 0.297 e. The molecule has 0 saturated carbocycles. The Bertz CT molecular complexity index is 390. The van der Waals surface area contributed by atoms with Crippen LogP contribution in [-0.2, 0) is 0 Å². The quantitative estimate of drug-likeness (QED) is 0.727. The molecule has 20 heavy (non-hydrogen) atoms. The number of hydrogen-bond donors (Lipinski definition) is 0. The lowest BCUT2D eigenvalue weighted by Gasteiger charge is -2.32. The van der Waals surface area contributed by atoms with Crippen molar-refractivity contribution in [3.05, 3.63) is 36.0 Å². The van der Waals surface area contributed by atoms with Crippen LogP contribution in [0.4, 0.5) is 0 Å². The fourth-order valence-corrected chi connectivity index (χ4v) is 2.99. The molecule has 0 aromatic heterocycles. The SMILES string of the molecule is CC(C)N1CC=CC=C(C2CC=CCN(C(C)C)C2)C1. The van der Waals surface area contributed by atoms with Crippen LogP contribution in [0.25, 0.3) is 0 Å². The van der Waals surface area contributed by atoms with Gasteiger partial charge in [-0.05, 0) is 40.0 Å². The lowest BCUT2D eigenvalue weighted by molar-refractivity contribution is 0.212. The first kappa shape index (κ1) is 15.5. The van der Waals surface area contributed by atoms with Crippen LogP contribution in [0.5, 0.6) is 0 Å². The fourth-order valence-electron chi connectivity index (χ4n) is 2.99. The third-order valence-electron chi connectivity index (χ3n) is 4.54. The second-order valence-corrected chi connectivity index (χ2v) is 6.64. The molecule has 112 valence electrons. The van der Waals surface area contributed by atoms with Crippen LogP contribution in [0, 0.1) is 5.92 Å². The Balaban J connectivity index is 2.10. The maximum absolute atomic E-state index is 2.59. The van der Waals surface area contributed by atoms with Crippen LogP contribution in [0.1, 0.15) is 34.1 Å². The van der Waals surface area contributed by atoms with Crippen LogP contribution < -0.4 is 0 Å². The first-order valence-electron chi connectivity index (χ1n) is 8.06. The van der Waals surface area contributed by atoms with Gasteiger partial charge in [0, 0.05) is 38.3 Å². The lowest BCUT2D eigenvalue weighted by Crippen LogP contribution is -2.38. The van der Waals surface area contributed by atoms with Crippen molar-refractivity contribution in [2.75, 3.05) is 26.2 Å². The Labute approximate surface area is 124 Å². The van der Waals surface area contributed by atoms with E-state index in [0.29, 0.717) is 18.0 Å². The van der Waals surface area contributed by atoms with E-state index >= 15 is 0 Å². The van der Waals surface area contributed by atoms with Gasteiger partial charge < -0.3 is 0 Å². The highest BCUT2D eigenvalue weighted by molar-refractivity contribution is 5.22. The van der Waals surface area contributed by atoms with E-state index in [-0.39, 0.29) is 0 Å². The average Bonchev–Trinajstić information content (AvgIpc) is 2.79. The predicted octanol–water partition coefficient (Wildman–Crippen LogP) is 3.48. The summed E-state index contributed by atoms with van der Waals surface area (Å²) in [6.45, 7) is 13.7. The van der Waals surface area contributed by atoms with Gasteiger partial charge in [0.2, 0.25) is 0 Å². The highest BCUT2D eigenvalue weighted by Crippen LogP contribution is 2.24. The monoisotopic (exact) mass is 274 g/mol. The Morgan fingerprint density at radius 2 is 1.65 bits per heavy atom. The number of allylic oxidation sites excluding steroid dienone is 3. The van der Waals surface area contributed by atoms with Gasteiger partial charge in [0.15, 0.2) is 0 Å². The van der Waals surface area contributed by atoms with E-state index < -0.39 is 0 Å². The highest BCUT2D eigenvalue weighted by atomic mass is 15.2. The first-order valence-corrected chi connectivity index (χ1v) is 8.06. The molecular formula is C18H30N2. The molecule has 1 atom stereocenters. The summed E-state index contributed by atoms with van der Waals surface area (Å²) in [5.74, 6) is 0.667. The molecule has 0 aliphatic carbocycles. The Kier molecular flexibility index (Phi) is 5.62. The topological polar surface area (TPSA) is 6.48 Å². The third-order valence-corrected chi connectivity index (χ3v) is 4.54. The van der Waals surface area contributed by atoms with Gasteiger partial charge in [0.25, 0.3) is 0 Å². The lowest BCUT2D eigenvalue weighted by atomic mass is 9.94. The molecule has 0 aromatic rings. The summed E-state index contributed by atoms with van der Waals surface area (Å²) in [6, 6.07) is 1.24. The minimum Gasteiger partial charge on any atom is -0.297 e. The van der Waals surface area contributed by atoms with Crippen molar-refractivity contribution in [2.24, 2.45) is 5.92 Å². The summed E-state index contributed by atoms with van der Waals surface area (Å²) in [6.07, 6.45) is 12.8. The van der Waals surface area contributed by atoms with Gasteiger partial charge in [-0.1, -0.05) is 36.0 Å². The van der Waals surface area contributed by atoms with E-state index in [1.165, 1.54) is 13.0 Å². The van der Waals surface area contributed by atoms with Gasteiger partial charge in [0.05, 0.1) is 0 Å². The molecule has 2 rings (SSSR count). The maximum atomic E-state index is 2.59. The van der Waals surface area contributed by atoms with E-state index in [1.807, 2.05) is 0 Å². The molecule has 0 spiro atoms. The van der Waals surface area contributed by atoms with Gasteiger partial charge in [-0.15, -0.1) is 0 Å². The standard InChI is InChI=1S/C18H30N2/c1-15(2)19-11-7-5-9-17(13-19)18-10-6-8-12-20(14-18)16(3)4/h5-9,15-16,18H,10-14H2,1-4H3. The van der Waals surface area contributed by atoms with Gasteiger partial charge in [-0.25, -0.2) is 0 Å². The molecule has 2 aliphatic rings. The molecule has 0 radical (unpaired) electrons. The molecule has 2 nitrogen and oxygen atoms in total. The smallest absolute Gasteiger partial charge is 0.0205 e. The van der Waals surface area contributed by atoms with E-state index in [9.17, 15) is 0 Å². The summed E-state index contributed by atoms with van der Waals surface area (Å²) in [5, 5.41) is 0. The fraction of sp³-hybridized carbons (Fsp3) is 0.667. The van der Waals surface area contributed by atoms with Gasteiger partial charge in [0.1, 0.15) is 0 Å². The molecule has 1 unspecified atom stereocenters. The Morgan fingerprint density at radius 3 is 2.35 bits per heavy atom. The second-order valence-electron chi connectivity index (χ2n) is 6.64. The molecule has 2 heterocycles. The van der Waals surface area contributed by atoms with Crippen molar-refractivity contribution in [1.82, 2.24) is 9.80 Å². The minimum atomic E-state index is 0.615. The molecule has 0 aromatic carbocycles. The molecule has 0 saturated heterocycles. The molecular weight excluding hydrogens is 244 g/mol. The molecule has 0 N–H and O–H groups in total. The first-order chi connectivity index (χ1) is 9.58. The van der Waals surface area contributed by atoms with Crippen LogP contribution in [0.3, 0.4) is 0 Å². The van der Waals surface area contributed by atoms with Crippen molar-refractivity contribution in [2.45, 2.75) is 46.2 Å². The third kappa shape index (κ3) is 4.07. The highest BCUT2D eigenvalue weighted by Gasteiger charge is 2.23. The predicted molar refractivity (Wildman–Crippen MR) is 87.9 cm³/mol. The number of nitrogens with zero attached hydrogens (tertiary/aromatic N) is 2. The summed E-state index contributed by atoms with van der Waals surface area (Å²) in [5.41, 5.74) is 1.60. The Morgan fingerprint density at radius 1 is 0.950 bits per heavy atom. The Hall–Kier alpha value is -0.860. The average molecular weight is 274 g/mol. The summed E-state index contributed by atoms with van der Waals surface area (Å²) >= 11 is 0. The zero-order valence-corrected chi connectivity index (χ0v) is 13.5. The molecule has 2 heteroatoms. The summed E-state index contributed by atoms with van der Waals surface area (Å²) in [7, 11) is 0. The second kappa shape index (κ2) is 7.24. The molecule has 0 fully saturated rings. The molecule has 0 amide bonds. The van der Waals surface area contributed by atoms with Crippen LogP contribution >= 0.6 is 0 Å². The van der Waals surface area contributed by atoms with E-state index in [2.05, 4.69) is 67.9 Å². The zero-order chi connectivity index (χ0) is 14.5. The van der Waals surface area contributed by atoms with Gasteiger partial charge in [-0.2, -0.15) is 0 Å². The van der Waals surface area contributed by atoms with Crippen molar-refractivity contribution in [1.29, 1.82) is 0 Å². The van der Waals surface area contributed by atoms with Crippen molar-refractivity contribution < 1.29 is 0 Å². The van der Waals surface area contributed by atoms with Crippen LogP contribution in [0.15, 0.2) is 36.0 Å². The molecule has 0 bridgehead atoms. The van der Waals surface area contributed by atoms with Crippen LogP contribution in [-0.4, -0.2) is 48.1 Å².